The zero-order chi connectivity index (χ0) is 25.8. The molecule has 0 unspecified atom stereocenters. The minimum absolute atomic E-state index is 0.0269. The lowest BCUT2D eigenvalue weighted by Gasteiger charge is -2.30. The third-order valence-corrected chi connectivity index (χ3v) is 7.47. The van der Waals surface area contributed by atoms with Gasteiger partial charge in [-0.1, -0.05) is 36.4 Å². The first-order valence-corrected chi connectivity index (χ1v) is 13.1. The van der Waals surface area contributed by atoms with Crippen LogP contribution in [0.4, 0.5) is 5.69 Å². The number of carbonyl (C=O) groups is 2. The number of benzene rings is 3. The van der Waals surface area contributed by atoms with Gasteiger partial charge in [-0.2, -0.15) is 0 Å². The standard InChI is InChI=1S/C31H34N4O2/c1-2-35-28-6-4-3-5-26(28)27-21-23(9-13-29(27)35)10-14-30(36)33-25-11-7-22(8-12-25)15-18-34-19-16-24(17-20-34)31(32)37/h3-14,21,24H,2,15-20H2,1H3,(H2,32,37)(H,33,36)/b14-10+. The van der Waals surface area contributed by atoms with E-state index in [0.29, 0.717) is 0 Å². The van der Waals surface area contributed by atoms with Crippen molar-refractivity contribution >= 4 is 45.4 Å². The molecule has 5 rings (SSSR count). The van der Waals surface area contributed by atoms with Crippen LogP contribution in [-0.2, 0) is 22.6 Å². The summed E-state index contributed by atoms with van der Waals surface area (Å²) in [4.78, 5) is 26.3. The van der Waals surface area contributed by atoms with E-state index >= 15 is 0 Å². The van der Waals surface area contributed by atoms with Crippen LogP contribution in [0.3, 0.4) is 0 Å². The molecule has 6 nitrogen and oxygen atoms in total. The van der Waals surface area contributed by atoms with Gasteiger partial charge in [-0.3, -0.25) is 9.59 Å². The Morgan fingerprint density at radius 3 is 2.43 bits per heavy atom. The maximum Gasteiger partial charge on any atom is 0.248 e. The van der Waals surface area contributed by atoms with Crippen molar-refractivity contribution in [3.63, 3.8) is 0 Å². The van der Waals surface area contributed by atoms with Crippen molar-refractivity contribution in [2.75, 3.05) is 25.0 Å². The fourth-order valence-electron chi connectivity index (χ4n) is 5.35. The van der Waals surface area contributed by atoms with Gasteiger partial charge in [0.25, 0.3) is 0 Å². The van der Waals surface area contributed by atoms with Crippen molar-refractivity contribution in [1.29, 1.82) is 0 Å². The fraction of sp³-hybridized carbons (Fsp3) is 0.290. The SMILES string of the molecule is CCn1c2ccccc2c2cc(/C=C/C(=O)Nc3ccc(CCN4CCC(C(N)=O)CC4)cc3)ccc21. The number of fused-ring (bicyclic) bond motifs is 3. The van der Waals surface area contributed by atoms with Crippen LogP contribution >= 0.6 is 0 Å². The predicted octanol–water partition coefficient (Wildman–Crippen LogP) is 5.21. The first-order chi connectivity index (χ1) is 18.0. The van der Waals surface area contributed by atoms with Crippen LogP contribution < -0.4 is 11.1 Å². The number of likely N-dealkylation sites (tertiary alicyclic amines) is 1. The van der Waals surface area contributed by atoms with Crippen LogP contribution in [0.1, 0.15) is 30.9 Å². The van der Waals surface area contributed by atoms with E-state index in [-0.39, 0.29) is 17.7 Å². The Bertz CT molecular complexity index is 1440. The van der Waals surface area contributed by atoms with Crippen LogP contribution in [0.2, 0.25) is 0 Å². The van der Waals surface area contributed by atoms with E-state index in [2.05, 4.69) is 76.3 Å². The summed E-state index contributed by atoms with van der Waals surface area (Å²) in [5.74, 6) is -0.298. The molecule has 3 aromatic carbocycles. The molecule has 1 aromatic heterocycles. The molecule has 0 radical (unpaired) electrons. The Hall–Kier alpha value is -3.90. The number of hydrogen-bond donors (Lipinski definition) is 2. The molecule has 1 aliphatic heterocycles. The molecule has 4 aromatic rings. The summed E-state index contributed by atoms with van der Waals surface area (Å²) in [5.41, 5.74) is 10.9. The molecule has 0 aliphatic carbocycles. The second kappa shape index (κ2) is 11.0. The lowest BCUT2D eigenvalue weighted by Crippen LogP contribution is -2.39. The average molecular weight is 495 g/mol. The minimum atomic E-state index is -0.173. The lowest BCUT2D eigenvalue weighted by molar-refractivity contribution is -0.123. The van der Waals surface area contributed by atoms with Crippen LogP contribution in [0.25, 0.3) is 27.9 Å². The monoisotopic (exact) mass is 494 g/mol. The zero-order valence-electron chi connectivity index (χ0n) is 21.3. The van der Waals surface area contributed by atoms with Gasteiger partial charge in [0.1, 0.15) is 0 Å². The molecule has 2 amide bonds. The second-order valence-corrected chi connectivity index (χ2v) is 9.83. The molecule has 2 heterocycles. The number of primary amides is 1. The van der Waals surface area contributed by atoms with Gasteiger partial charge in [-0.15, -0.1) is 0 Å². The highest BCUT2D eigenvalue weighted by Gasteiger charge is 2.22. The summed E-state index contributed by atoms with van der Waals surface area (Å²) in [6.07, 6.45) is 6.09. The number of aryl methyl sites for hydroxylation is 1. The molecular weight excluding hydrogens is 460 g/mol. The molecule has 0 bridgehead atoms. The number of piperidine rings is 1. The maximum absolute atomic E-state index is 12.6. The molecule has 0 saturated carbocycles. The van der Waals surface area contributed by atoms with E-state index in [4.69, 9.17) is 5.73 Å². The molecule has 0 atom stereocenters. The number of aromatic nitrogens is 1. The number of amides is 2. The van der Waals surface area contributed by atoms with E-state index in [1.165, 1.54) is 27.4 Å². The highest BCUT2D eigenvalue weighted by atomic mass is 16.1. The first kappa shape index (κ1) is 24.8. The van der Waals surface area contributed by atoms with Crippen molar-refractivity contribution in [1.82, 2.24) is 9.47 Å². The maximum atomic E-state index is 12.6. The average Bonchev–Trinajstić information content (AvgIpc) is 3.24. The van der Waals surface area contributed by atoms with Gasteiger partial charge in [-0.05, 0) is 86.8 Å². The van der Waals surface area contributed by atoms with Gasteiger partial charge in [-0.25, -0.2) is 0 Å². The highest BCUT2D eigenvalue weighted by molar-refractivity contribution is 6.09. The van der Waals surface area contributed by atoms with E-state index in [9.17, 15) is 9.59 Å². The molecule has 1 fully saturated rings. The first-order valence-electron chi connectivity index (χ1n) is 13.1. The molecule has 0 spiro atoms. The molecular formula is C31H34N4O2. The van der Waals surface area contributed by atoms with Crippen LogP contribution in [0.15, 0.2) is 72.8 Å². The summed E-state index contributed by atoms with van der Waals surface area (Å²) in [6, 6.07) is 22.8. The summed E-state index contributed by atoms with van der Waals surface area (Å²) in [7, 11) is 0. The van der Waals surface area contributed by atoms with E-state index in [1.54, 1.807) is 6.08 Å². The van der Waals surface area contributed by atoms with Gasteiger partial charge in [0, 0.05) is 52.6 Å². The Morgan fingerprint density at radius 1 is 0.973 bits per heavy atom. The van der Waals surface area contributed by atoms with Crippen LogP contribution in [0.5, 0.6) is 0 Å². The summed E-state index contributed by atoms with van der Waals surface area (Å²) < 4.78 is 2.32. The van der Waals surface area contributed by atoms with Crippen molar-refractivity contribution in [3.8, 4) is 0 Å². The summed E-state index contributed by atoms with van der Waals surface area (Å²) >= 11 is 0. The molecule has 190 valence electrons. The topological polar surface area (TPSA) is 80.4 Å². The van der Waals surface area contributed by atoms with E-state index in [0.717, 1.165) is 56.7 Å². The number of nitrogens with one attached hydrogen (secondary N) is 1. The second-order valence-electron chi connectivity index (χ2n) is 9.83. The summed E-state index contributed by atoms with van der Waals surface area (Å²) in [5, 5.41) is 5.39. The summed E-state index contributed by atoms with van der Waals surface area (Å²) in [6.45, 7) is 5.87. The van der Waals surface area contributed by atoms with Gasteiger partial charge >= 0.3 is 0 Å². The molecule has 1 aliphatic rings. The molecule has 1 saturated heterocycles. The van der Waals surface area contributed by atoms with Crippen LogP contribution in [-0.4, -0.2) is 40.9 Å². The minimum Gasteiger partial charge on any atom is -0.369 e. The van der Waals surface area contributed by atoms with Crippen molar-refractivity contribution in [3.05, 3.63) is 83.9 Å². The van der Waals surface area contributed by atoms with Crippen molar-refractivity contribution in [2.45, 2.75) is 32.7 Å². The van der Waals surface area contributed by atoms with Gasteiger partial charge in [0.2, 0.25) is 11.8 Å². The Balaban J connectivity index is 1.17. The van der Waals surface area contributed by atoms with Gasteiger partial charge in [0.15, 0.2) is 0 Å². The van der Waals surface area contributed by atoms with E-state index < -0.39 is 0 Å². The Morgan fingerprint density at radius 2 is 1.70 bits per heavy atom. The van der Waals surface area contributed by atoms with Crippen molar-refractivity contribution < 1.29 is 9.59 Å². The fourth-order valence-corrected chi connectivity index (χ4v) is 5.35. The number of nitrogens with zero attached hydrogens (tertiary/aromatic N) is 2. The van der Waals surface area contributed by atoms with Crippen LogP contribution in [0, 0.1) is 5.92 Å². The van der Waals surface area contributed by atoms with Gasteiger partial charge in [0.05, 0.1) is 0 Å². The number of nitrogens with two attached hydrogens (primary N) is 1. The molecule has 6 heteroatoms. The highest BCUT2D eigenvalue weighted by Crippen LogP contribution is 2.30. The largest absolute Gasteiger partial charge is 0.369 e. The van der Waals surface area contributed by atoms with E-state index in [1.807, 2.05) is 18.2 Å². The molecule has 37 heavy (non-hydrogen) atoms. The molecule has 3 N–H and O–H groups in total. The third-order valence-electron chi connectivity index (χ3n) is 7.47. The smallest absolute Gasteiger partial charge is 0.248 e. The number of anilines is 1. The Kier molecular flexibility index (Phi) is 7.37. The van der Waals surface area contributed by atoms with Gasteiger partial charge < -0.3 is 20.5 Å². The number of para-hydroxylation sites is 1. The number of hydrogen-bond acceptors (Lipinski definition) is 3. The zero-order valence-corrected chi connectivity index (χ0v) is 21.3. The number of carbonyl (C=O) groups excluding carboxylic acids is 2. The normalized spacial score (nSPS) is 15.1. The predicted molar refractivity (Wildman–Crippen MR) is 151 cm³/mol. The van der Waals surface area contributed by atoms with Crippen molar-refractivity contribution in [2.24, 2.45) is 11.7 Å². The third kappa shape index (κ3) is 5.59. The number of rotatable bonds is 8. The Labute approximate surface area is 217 Å². The lowest BCUT2D eigenvalue weighted by atomic mass is 9.96. The quantitative estimate of drug-likeness (QED) is 0.330.